The maximum absolute atomic E-state index is 12.4. The number of aromatic amines is 1. The van der Waals surface area contributed by atoms with E-state index in [1.165, 1.54) is 0 Å². The number of nitrogens with zero attached hydrogens (tertiary/aromatic N) is 2. The fraction of sp³-hybridized carbons (Fsp3) is 0.0588. The third-order valence-corrected chi connectivity index (χ3v) is 3.49. The maximum atomic E-state index is 12.4. The molecule has 0 bridgehead atoms. The zero-order chi connectivity index (χ0) is 16.9. The molecule has 0 spiro atoms. The lowest BCUT2D eigenvalue weighted by atomic mass is 10.1. The lowest BCUT2D eigenvalue weighted by Crippen LogP contribution is -2.33. The Morgan fingerprint density at radius 2 is 1.88 bits per heavy atom. The second kappa shape index (κ2) is 6.74. The van der Waals surface area contributed by atoms with Crippen LogP contribution in [0.15, 0.2) is 60.8 Å². The van der Waals surface area contributed by atoms with Crippen molar-refractivity contribution in [3.63, 3.8) is 0 Å². The molecule has 0 radical (unpaired) electrons. The van der Waals surface area contributed by atoms with Gasteiger partial charge in [0.2, 0.25) is 0 Å². The molecule has 120 valence electrons. The van der Waals surface area contributed by atoms with Gasteiger partial charge in [-0.2, -0.15) is 15.4 Å². The van der Waals surface area contributed by atoms with Crippen molar-refractivity contribution in [2.45, 2.75) is 6.04 Å². The van der Waals surface area contributed by atoms with E-state index in [1.807, 2.05) is 0 Å². The number of hydrogen-bond acceptors (Lipinski definition) is 4. The van der Waals surface area contributed by atoms with Crippen LogP contribution in [0.5, 0.6) is 0 Å². The summed E-state index contributed by atoms with van der Waals surface area (Å²) in [5.41, 5.74) is 2.16. The molecule has 2 aromatic carbocycles. The summed E-state index contributed by atoms with van der Waals surface area (Å²) in [5, 5.41) is 22.1. The molecule has 0 saturated heterocycles. The van der Waals surface area contributed by atoms with Crippen LogP contribution in [0.1, 0.15) is 22.0 Å². The second-order valence-electron chi connectivity index (χ2n) is 5.09. The first-order chi connectivity index (χ1) is 11.6. The molecule has 7 nitrogen and oxygen atoms in total. The normalized spacial score (nSPS) is 11.7. The molecule has 0 fully saturated rings. The fourth-order valence-corrected chi connectivity index (χ4v) is 2.31. The number of carboxylic acids is 1. The zero-order valence-corrected chi connectivity index (χ0v) is 12.5. The zero-order valence-electron chi connectivity index (χ0n) is 12.5. The van der Waals surface area contributed by atoms with E-state index in [-0.39, 0.29) is 0 Å². The maximum Gasteiger partial charge on any atom is 0.330 e. The number of aromatic nitrogens is 3. The standard InChI is InChI=1S/C17H14N4O3/c22-16(19-15(17(23)24)11-5-2-1-3-6-11)13-8-4-7-12(9-13)14-10-18-21-20-14/h1-10,15H,(H,19,22)(H,23,24)(H,18,20,21)/t15-/m1/s1. The Morgan fingerprint density at radius 1 is 1.08 bits per heavy atom. The van der Waals surface area contributed by atoms with Gasteiger partial charge in [-0.15, -0.1) is 0 Å². The Bertz CT molecular complexity index is 847. The van der Waals surface area contributed by atoms with Crippen molar-refractivity contribution in [3.8, 4) is 11.3 Å². The van der Waals surface area contributed by atoms with E-state index in [0.29, 0.717) is 22.4 Å². The lowest BCUT2D eigenvalue weighted by Gasteiger charge is -2.15. The van der Waals surface area contributed by atoms with Gasteiger partial charge < -0.3 is 10.4 Å². The van der Waals surface area contributed by atoms with Gasteiger partial charge in [0.25, 0.3) is 5.91 Å². The van der Waals surface area contributed by atoms with Gasteiger partial charge in [-0.25, -0.2) is 4.79 Å². The summed E-state index contributed by atoms with van der Waals surface area (Å²) in [6, 6.07) is 14.2. The Labute approximate surface area is 137 Å². The number of nitrogens with one attached hydrogen (secondary N) is 2. The van der Waals surface area contributed by atoms with Crippen molar-refractivity contribution in [1.29, 1.82) is 0 Å². The van der Waals surface area contributed by atoms with Crippen LogP contribution >= 0.6 is 0 Å². The number of carbonyl (C=O) groups excluding carboxylic acids is 1. The molecule has 0 saturated carbocycles. The number of rotatable bonds is 5. The van der Waals surface area contributed by atoms with Gasteiger partial charge in [-0.3, -0.25) is 4.79 Å². The van der Waals surface area contributed by atoms with E-state index in [4.69, 9.17) is 0 Å². The summed E-state index contributed by atoms with van der Waals surface area (Å²) < 4.78 is 0. The number of hydrogen-bond donors (Lipinski definition) is 3. The first kappa shape index (κ1) is 15.4. The Hall–Kier alpha value is -3.48. The van der Waals surface area contributed by atoms with Gasteiger partial charge in [0.15, 0.2) is 6.04 Å². The van der Waals surface area contributed by atoms with E-state index >= 15 is 0 Å². The quantitative estimate of drug-likeness (QED) is 0.666. The smallest absolute Gasteiger partial charge is 0.330 e. The molecule has 1 heterocycles. The molecule has 3 N–H and O–H groups in total. The highest BCUT2D eigenvalue weighted by molar-refractivity contribution is 5.97. The van der Waals surface area contributed by atoms with Crippen LogP contribution < -0.4 is 5.32 Å². The van der Waals surface area contributed by atoms with E-state index in [1.54, 1.807) is 60.8 Å². The van der Waals surface area contributed by atoms with Gasteiger partial charge >= 0.3 is 5.97 Å². The minimum absolute atomic E-state index is 0.345. The number of carboxylic acid groups (broad SMARTS) is 1. The van der Waals surface area contributed by atoms with Gasteiger partial charge in [-0.05, 0) is 17.7 Å². The highest BCUT2D eigenvalue weighted by Gasteiger charge is 2.22. The monoisotopic (exact) mass is 322 g/mol. The van der Waals surface area contributed by atoms with Crippen LogP contribution in [0, 0.1) is 0 Å². The van der Waals surface area contributed by atoms with Gasteiger partial charge in [0.05, 0.1) is 6.20 Å². The number of H-pyrrole nitrogens is 1. The third kappa shape index (κ3) is 3.30. The van der Waals surface area contributed by atoms with Crippen LogP contribution in [0.4, 0.5) is 0 Å². The summed E-state index contributed by atoms with van der Waals surface area (Å²) in [6.45, 7) is 0. The van der Waals surface area contributed by atoms with Crippen LogP contribution in [-0.2, 0) is 4.79 Å². The van der Waals surface area contributed by atoms with Crippen molar-refractivity contribution < 1.29 is 14.7 Å². The number of carbonyl (C=O) groups is 2. The predicted molar refractivity (Wildman–Crippen MR) is 86.1 cm³/mol. The average Bonchev–Trinajstić information content (AvgIpc) is 3.15. The largest absolute Gasteiger partial charge is 0.479 e. The molecule has 1 atom stereocenters. The first-order valence-corrected chi connectivity index (χ1v) is 7.20. The Morgan fingerprint density at radius 3 is 2.54 bits per heavy atom. The molecule has 0 aliphatic rings. The topological polar surface area (TPSA) is 108 Å². The Balaban J connectivity index is 1.84. The van der Waals surface area contributed by atoms with Crippen LogP contribution in [0.25, 0.3) is 11.3 Å². The third-order valence-electron chi connectivity index (χ3n) is 3.49. The van der Waals surface area contributed by atoms with Crippen molar-refractivity contribution in [2.75, 3.05) is 0 Å². The van der Waals surface area contributed by atoms with Crippen LogP contribution in [-0.4, -0.2) is 32.4 Å². The van der Waals surface area contributed by atoms with Crippen molar-refractivity contribution in [3.05, 3.63) is 71.9 Å². The van der Waals surface area contributed by atoms with Gasteiger partial charge in [0.1, 0.15) is 5.69 Å². The molecular formula is C17H14N4O3. The Kier molecular flexibility index (Phi) is 4.33. The van der Waals surface area contributed by atoms with Gasteiger partial charge in [0, 0.05) is 11.1 Å². The molecule has 3 rings (SSSR count). The molecule has 0 aliphatic heterocycles. The second-order valence-corrected chi connectivity index (χ2v) is 5.09. The molecule has 0 aliphatic carbocycles. The van der Waals surface area contributed by atoms with Crippen molar-refractivity contribution >= 4 is 11.9 Å². The summed E-state index contributed by atoms with van der Waals surface area (Å²) in [4.78, 5) is 23.9. The van der Waals surface area contributed by atoms with Crippen LogP contribution in [0.3, 0.4) is 0 Å². The number of benzene rings is 2. The van der Waals surface area contributed by atoms with E-state index < -0.39 is 17.9 Å². The van der Waals surface area contributed by atoms with Crippen molar-refractivity contribution in [2.24, 2.45) is 0 Å². The molecular weight excluding hydrogens is 308 g/mol. The van der Waals surface area contributed by atoms with E-state index in [9.17, 15) is 14.7 Å². The minimum Gasteiger partial charge on any atom is -0.479 e. The molecule has 24 heavy (non-hydrogen) atoms. The summed E-state index contributed by atoms with van der Waals surface area (Å²) >= 11 is 0. The molecule has 7 heteroatoms. The van der Waals surface area contributed by atoms with E-state index in [0.717, 1.165) is 0 Å². The molecule has 1 amide bonds. The average molecular weight is 322 g/mol. The highest BCUT2D eigenvalue weighted by atomic mass is 16.4. The summed E-state index contributed by atoms with van der Waals surface area (Å²) in [5.74, 6) is -1.60. The number of amides is 1. The van der Waals surface area contributed by atoms with Crippen LogP contribution in [0.2, 0.25) is 0 Å². The number of aliphatic carboxylic acids is 1. The SMILES string of the molecule is O=C(N[C@@H](C(=O)O)c1ccccc1)c1cccc(-c2cn[nH]n2)c1. The first-order valence-electron chi connectivity index (χ1n) is 7.20. The lowest BCUT2D eigenvalue weighted by molar-refractivity contribution is -0.139. The molecule has 1 aromatic heterocycles. The van der Waals surface area contributed by atoms with Gasteiger partial charge in [-0.1, -0.05) is 42.5 Å². The predicted octanol–water partition coefficient (Wildman–Crippen LogP) is 2.03. The summed E-state index contributed by atoms with van der Waals surface area (Å²) in [6.07, 6.45) is 1.54. The molecule has 0 unspecified atom stereocenters. The minimum atomic E-state index is -1.12. The van der Waals surface area contributed by atoms with Crippen molar-refractivity contribution in [1.82, 2.24) is 20.7 Å². The summed E-state index contributed by atoms with van der Waals surface area (Å²) in [7, 11) is 0. The molecule has 3 aromatic rings. The van der Waals surface area contributed by atoms with E-state index in [2.05, 4.69) is 20.7 Å². The fourth-order valence-electron chi connectivity index (χ4n) is 2.31. The highest BCUT2D eigenvalue weighted by Crippen LogP contribution is 2.18.